The third-order valence-corrected chi connectivity index (χ3v) is 4.29. The van der Waals surface area contributed by atoms with Gasteiger partial charge in [-0.05, 0) is 43.6 Å². The Hall–Kier alpha value is -0.120. The second kappa shape index (κ2) is 8.23. The number of methoxy groups -OCH3 is 1. The Morgan fingerprint density at radius 3 is 2.47 bits per heavy atom. The predicted molar refractivity (Wildman–Crippen MR) is 80.5 cm³/mol. The standard InChI is InChI=1S/C16H33NO2/c1-6-9-17-14-8-7-13(16(2,3)4)12-15(14)19-11-10-18-5/h13-15,17H,6-12H2,1-5H3. The van der Waals surface area contributed by atoms with Gasteiger partial charge in [-0.1, -0.05) is 27.7 Å². The Morgan fingerprint density at radius 1 is 1.16 bits per heavy atom. The van der Waals surface area contributed by atoms with Crippen molar-refractivity contribution in [1.29, 1.82) is 0 Å². The molecule has 1 aliphatic rings. The van der Waals surface area contributed by atoms with Crippen molar-refractivity contribution in [2.24, 2.45) is 11.3 Å². The molecule has 0 saturated heterocycles. The fraction of sp³-hybridized carbons (Fsp3) is 1.00. The van der Waals surface area contributed by atoms with Crippen molar-refractivity contribution in [2.75, 3.05) is 26.9 Å². The second-order valence-corrected chi connectivity index (χ2v) is 6.84. The molecule has 19 heavy (non-hydrogen) atoms. The molecular formula is C16H33NO2. The summed E-state index contributed by atoms with van der Waals surface area (Å²) in [4.78, 5) is 0. The topological polar surface area (TPSA) is 30.5 Å². The lowest BCUT2D eigenvalue weighted by Gasteiger charge is -2.42. The zero-order valence-corrected chi connectivity index (χ0v) is 13.5. The molecule has 0 aliphatic heterocycles. The van der Waals surface area contributed by atoms with Gasteiger partial charge in [0.2, 0.25) is 0 Å². The maximum absolute atomic E-state index is 6.07. The van der Waals surface area contributed by atoms with Gasteiger partial charge in [0.05, 0.1) is 19.3 Å². The van der Waals surface area contributed by atoms with Crippen LogP contribution in [0.1, 0.15) is 53.4 Å². The van der Waals surface area contributed by atoms with E-state index in [9.17, 15) is 0 Å². The zero-order valence-electron chi connectivity index (χ0n) is 13.5. The highest BCUT2D eigenvalue weighted by Crippen LogP contribution is 2.38. The van der Waals surface area contributed by atoms with E-state index in [4.69, 9.17) is 9.47 Å². The minimum Gasteiger partial charge on any atom is -0.382 e. The van der Waals surface area contributed by atoms with E-state index < -0.39 is 0 Å². The van der Waals surface area contributed by atoms with Gasteiger partial charge in [-0.25, -0.2) is 0 Å². The first-order chi connectivity index (χ1) is 8.99. The zero-order chi connectivity index (χ0) is 14.3. The lowest BCUT2D eigenvalue weighted by Crippen LogP contribution is -2.48. The molecule has 1 fully saturated rings. The van der Waals surface area contributed by atoms with Crippen LogP contribution in [0.4, 0.5) is 0 Å². The second-order valence-electron chi connectivity index (χ2n) is 6.84. The van der Waals surface area contributed by atoms with Crippen LogP contribution in [0.5, 0.6) is 0 Å². The first-order valence-corrected chi connectivity index (χ1v) is 7.83. The van der Waals surface area contributed by atoms with E-state index in [1.54, 1.807) is 7.11 Å². The van der Waals surface area contributed by atoms with E-state index in [0.29, 0.717) is 30.8 Å². The molecule has 0 amide bonds. The fourth-order valence-corrected chi connectivity index (χ4v) is 2.95. The maximum Gasteiger partial charge on any atom is 0.0732 e. The van der Waals surface area contributed by atoms with Crippen LogP contribution in [0.25, 0.3) is 0 Å². The van der Waals surface area contributed by atoms with Crippen LogP contribution >= 0.6 is 0 Å². The summed E-state index contributed by atoms with van der Waals surface area (Å²) < 4.78 is 11.2. The summed E-state index contributed by atoms with van der Waals surface area (Å²) in [6.07, 6.45) is 5.26. The largest absolute Gasteiger partial charge is 0.382 e. The first-order valence-electron chi connectivity index (χ1n) is 7.83. The van der Waals surface area contributed by atoms with E-state index in [0.717, 1.165) is 12.5 Å². The van der Waals surface area contributed by atoms with Gasteiger partial charge < -0.3 is 14.8 Å². The maximum atomic E-state index is 6.07. The van der Waals surface area contributed by atoms with E-state index >= 15 is 0 Å². The minimum atomic E-state index is 0.347. The molecule has 0 radical (unpaired) electrons. The molecule has 3 nitrogen and oxygen atoms in total. The molecule has 1 N–H and O–H groups in total. The monoisotopic (exact) mass is 271 g/mol. The molecule has 1 rings (SSSR count). The third kappa shape index (κ3) is 5.80. The van der Waals surface area contributed by atoms with Gasteiger partial charge in [-0.15, -0.1) is 0 Å². The summed E-state index contributed by atoms with van der Waals surface area (Å²) in [7, 11) is 1.73. The molecule has 0 spiro atoms. The Kier molecular flexibility index (Phi) is 7.33. The lowest BCUT2D eigenvalue weighted by atomic mass is 9.70. The van der Waals surface area contributed by atoms with Gasteiger partial charge in [0.25, 0.3) is 0 Å². The highest BCUT2D eigenvalue weighted by molar-refractivity contribution is 4.89. The quantitative estimate of drug-likeness (QED) is 0.721. The summed E-state index contributed by atoms with van der Waals surface area (Å²) >= 11 is 0. The van der Waals surface area contributed by atoms with Crippen LogP contribution in [0.3, 0.4) is 0 Å². The van der Waals surface area contributed by atoms with Crippen molar-refractivity contribution in [1.82, 2.24) is 5.32 Å². The molecule has 3 heteroatoms. The average Bonchev–Trinajstić information content (AvgIpc) is 2.36. The van der Waals surface area contributed by atoms with Crippen LogP contribution in [-0.2, 0) is 9.47 Å². The van der Waals surface area contributed by atoms with Gasteiger partial charge in [0, 0.05) is 13.2 Å². The molecule has 0 aromatic heterocycles. The van der Waals surface area contributed by atoms with Gasteiger partial charge in [-0.2, -0.15) is 0 Å². The lowest BCUT2D eigenvalue weighted by molar-refractivity contribution is -0.0431. The Bertz CT molecular complexity index is 237. The summed E-state index contributed by atoms with van der Waals surface area (Å²) in [6.45, 7) is 11.8. The smallest absolute Gasteiger partial charge is 0.0732 e. The van der Waals surface area contributed by atoms with E-state index in [1.807, 2.05) is 0 Å². The molecule has 114 valence electrons. The van der Waals surface area contributed by atoms with Crippen molar-refractivity contribution >= 4 is 0 Å². The molecule has 0 aromatic carbocycles. The summed E-state index contributed by atoms with van der Waals surface area (Å²) in [5.41, 5.74) is 0.387. The Labute approximate surface area is 119 Å². The SMILES string of the molecule is CCCNC1CCC(C(C)(C)C)CC1OCCOC. The molecule has 0 bridgehead atoms. The predicted octanol–water partition coefficient (Wildman–Crippen LogP) is 3.23. The normalized spacial score (nSPS) is 28.6. The third-order valence-electron chi connectivity index (χ3n) is 4.29. The number of hydrogen-bond donors (Lipinski definition) is 1. The number of hydrogen-bond acceptors (Lipinski definition) is 3. The number of ether oxygens (including phenoxy) is 2. The van der Waals surface area contributed by atoms with Crippen molar-refractivity contribution in [2.45, 2.75) is 65.5 Å². The summed E-state index contributed by atoms with van der Waals surface area (Å²) in [5.74, 6) is 0.764. The highest BCUT2D eigenvalue weighted by Gasteiger charge is 2.36. The minimum absolute atomic E-state index is 0.347. The van der Waals surface area contributed by atoms with E-state index in [-0.39, 0.29) is 0 Å². The number of nitrogens with one attached hydrogen (secondary N) is 1. The fourth-order valence-electron chi connectivity index (χ4n) is 2.95. The van der Waals surface area contributed by atoms with Crippen molar-refractivity contribution in [3.8, 4) is 0 Å². The molecule has 3 unspecified atom stereocenters. The molecule has 0 heterocycles. The van der Waals surface area contributed by atoms with Crippen LogP contribution in [-0.4, -0.2) is 39.0 Å². The molecule has 1 aliphatic carbocycles. The number of rotatable bonds is 7. The van der Waals surface area contributed by atoms with Crippen LogP contribution in [0.2, 0.25) is 0 Å². The van der Waals surface area contributed by atoms with Gasteiger partial charge >= 0.3 is 0 Å². The van der Waals surface area contributed by atoms with Crippen molar-refractivity contribution in [3.05, 3.63) is 0 Å². The molecule has 1 saturated carbocycles. The molecular weight excluding hydrogens is 238 g/mol. The van der Waals surface area contributed by atoms with E-state index in [2.05, 4.69) is 33.0 Å². The van der Waals surface area contributed by atoms with Gasteiger partial charge in [0.1, 0.15) is 0 Å². The summed E-state index contributed by atoms with van der Waals surface area (Å²) in [5, 5.41) is 3.65. The van der Waals surface area contributed by atoms with Crippen LogP contribution < -0.4 is 5.32 Å². The van der Waals surface area contributed by atoms with E-state index in [1.165, 1.54) is 25.7 Å². The first kappa shape index (κ1) is 16.9. The van der Waals surface area contributed by atoms with Gasteiger partial charge in [-0.3, -0.25) is 0 Å². The van der Waals surface area contributed by atoms with Crippen molar-refractivity contribution < 1.29 is 9.47 Å². The average molecular weight is 271 g/mol. The highest BCUT2D eigenvalue weighted by atomic mass is 16.5. The Morgan fingerprint density at radius 2 is 1.89 bits per heavy atom. The van der Waals surface area contributed by atoms with Crippen LogP contribution in [0, 0.1) is 11.3 Å². The summed E-state index contributed by atoms with van der Waals surface area (Å²) in [6, 6.07) is 0.524. The Balaban J connectivity index is 2.52. The van der Waals surface area contributed by atoms with Gasteiger partial charge in [0.15, 0.2) is 0 Å². The molecule has 0 aromatic rings. The van der Waals surface area contributed by atoms with Crippen molar-refractivity contribution in [3.63, 3.8) is 0 Å². The van der Waals surface area contributed by atoms with Crippen LogP contribution in [0.15, 0.2) is 0 Å². The molecule has 3 atom stereocenters.